The number of thiol groups is 1. The largest absolute Gasteiger partial charge is 0.508 e. The molecule has 0 radical (unpaired) electrons. The Morgan fingerprint density at radius 3 is 1.38 bits per heavy atom. The number of rotatable bonds is 9. The second kappa shape index (κ2) is 28.8. The van der Waals surface area contributed by atoms with E-state index in [0.29, 0.717) is 11.3 Å². The number of fused-ring (bicyclic) bond motifs is 3. The van der Waals surface area contributed by atoms with Gasteiger partial charge in [0.25, 0.3) is 0 Å². The van der Waals surface area contributed by atoms with Gasteiger partial charge < -0.3 is 42.0 Å². The summed E-state index contributed by atoms with van der Waals surface area (Å²) in [6.07, 6.45) is 0. The number of nitrogens with zero attached hydrogens (tertiary/aromatic N) is 3. The van der Waals surface area contributed by atoms with Crippen LogP contribution in [0, 0.1) is 21.0 Å². The summed E-state index contributed by atoms with van der Waals surface area (Å²) in [7, 11) is 9.18. The molecule has 0 aliphatic heterocycles. The molecule has 0 amide bonds. The topological polar surface area (TPSA) is 180 Å². The van der Waals surface area contributed by atoms with Crippen LogP contribution >= 0.6 is 91.8 Å². The van der Waals surface area contributed by atoms with Crippen molar-refractivity contribution in [1.29, 1.82) is 0 Å². The number of hydrogen-bond acceptors (Lipinski definition) is 15. The molecule has 12 nitrogen and oxygen atoms in total. The number of nitrogen functional groups attached to an aromatic ring is 1. The van der Waals surface area contributed by atoms with Crippen LogP contribution < -0.4 is 31.7 Å². The first-order valence-electron chi connectivity index (χ1n) is 23.8. The number of phenols is 1. The van der Waals surface area contributed by atoms with Gasteiger partial charge in [-0.3, -0.25) is 0 Å². The van der Waals surface area contributed by atoms with Gasteiger partial charge in [0.1, 0.15) is 26.5 Å². The molecule has 8 aromatic carbocycles. The van der Waals surface area contributed by atoms with Gasteiger partial charge in [0, 0.05) is 85.4 Å². The number of thiazole rings is 3. The molecule has 0 saturated heterocycles. The summed E-state index contributed by atoms with van der Waals surface area (Å²) >= 11 is 13.9. The number of carboxylic acids is 1. The first-order chi connectivity index (χ1) is 37.1. The van der Waals surface area contributed by atoms with Crippen LogP contribution in [0.1, 0.15) is 28.9 Å². The van der Waals surface area contributed by atoms with Crippen molar-refractivity contribution in [3.05, 3.63) is 182 Å². The second-order valence-electron chi connectivity index (χ2n) is 16.9. The predicted octanol–water partition coefficient (Wildman–Crippen LogP) is 17.2. The number of carbonyl (C=O) groups is 1. The Labute approximate surface area is 500 Å². The molecule has 0 aliphatic carbocycles. The minimum absolute atomic E-state index is 0. The minimum atomic E-state index is -0.896. The quantitative estimate of drug-likeness (QED) is 0.0390. The van der Waals surface area contributed by atoms with Crippen molar-refractivity contribution in [3.8, 4) is 43.2 Å². The lowest BCUT2D eigenvalue weighted by molar-refractivity contribution is 0.0697. The van der Waals surface area contributed by atoms with Crippen LogP contribution in [0.3, 0.4) is 0 Å². The van der Waals surface area contributed by atoms with E-state index in [1.807, 2.05) is 27.2 Å². The molecule has 0 spiro atoms. The summed E-state index contributed by atoms with van der Waals surface area (Å²) in [6, 6.07) is 51.0. The maximum Gasteiger partial charge on any atom is 0.335 e. The van der Waals surface area contributed by atoms with Crippen molar-refractivity contribution in [1.82, 2.24) is 15.0 Å². The smallest absolute Gasteiger partial charge is 0.335 e. The lowest BCUT2D eigenvalue weighted by atomic mass is 10.2. The summed E-state index contributed by atoms with van der Waals surface area (Å²) in [5.74, 6) is 0.162. The fourth-order valence-electron chi connectivity index (χ4n) is 7.26. The molecule has 78 heavy (non-hydrogen) atoms. The second-order valence-corrected chi connectivity index (χ2v) is 22.8. The van der Waals surface area contributed by atoms with E-state index >= 15 is 0 Å². The van der Waals surface area contributed by atoms with Crippen molar-refractivity contribution in [2.75, 3.05) is 62.3 Å². The number of aromatic nitrogens is 3. The number of phenolic OH excluding ortho intramolecular Hbond substituents is 1. The van der Waals surface area contributed by atoms with E-state index < -0.39 is 5.97 Å². The summed E-state index contributed by atoms with van der Waals surface area (Å²) in [6.45, 7) is 4.23. The highest BCUT2D eigenvalue weighted by Gasteiger charge is 2.11. The third kappa shape index (κ3) is 16.2. The lowest BCUT2D eigenvalue weighted by Gasteiger charge is -2.04. The Morgan fingerprint density at radius 2 is 0.974 bits per heavy atom. The summed E-state index contributed by atoms with van der Waals surface area (Å²) in [4.78, 5) is 25.1. The van der Waals surface area contributed by atoms with Crippen LogP contribution in [-0.4, -0.2) is 66.4 Å². The van der Waals surface area contributed by atoms with E-state index in [1.165, 1.54) is 38.8 Å². The first-order valence-corrected chi connectivity index (χ1v) is 28.8. The van der Waals surface area contributed by atoms with Gasteiger partial charge in [0.2, 0.25) is 0 Å². The maximum atomic E-state index is 10.4. The van der Waals surface area contributed by atoms with Crippen LogP contribution in [0.25, 0.3) is 62.4 Å². The number of nitrogens with two attached hydrogens (primary N) is 1. The molecule has 0 saturated carbocycles. The molecule has 11 rings (SSSR count). The highest BCUT2D eigenvalue weighted by atomic mass is 127. The number of ether oxygens (including phenoxy) is 1. The number of methoxy groups -OCH3 is 1. The van der Waals surface area contributed by atoms with Gasteiger partial charge in [-0.1, -0.05) is 19.6 Å². The van der Waals surface area contributed by atoms with Crippen molar-refractivity contribution in [2.24, 2.45) is 0 Å². The molecule has 402 valence electrons. The number of halogens is 2. The van der Waals surface area contributed by atoms with Crippen LogP contribution in [0.5, 0.6) is 11.5 Å². The van der Waals surface area contributed by atoms with Gasteiger partial charge in [0.15, 0.2) is 0 Å². The van der Waals surface area contributed by atoms with E-state index in [4.69, 9.17) is 20.6 Å². The number of anilines is 5. The molecule has 0 unspecified atom stereocenters. The van der Waals surface area contributed by atoms with Crippen LogP contribution in [0.2, 0.25) is 0 Å². The zero-order chi connectivity index (χ0) is 55.2. The van der Waals surface area contributed by atoms with Crippen molar-refractivity contribution >= 4 is 157 Å². The standard InChI is InChI=1S/C15H13IN2S.C15H14N2S.C14H11IN2OS.C8H9NO2.C7H9NOS.CH4/c1-9-3-5-13-14(7-9)19-15(18-13)10-4-6-12(17-2)11(16)8-10;1-10-3-8-13-14(9-10)18-15(17-13)11-4-6-12(16-2)7-5-11;1-16-11-4-2-8(6-10(11)15)14-17-12-5-3-9(18)7-13(12)19-14;1-9-7-4-2-6(3-5-7)8(10)11;1-9-5-2-3-6(8)7(10)4-5;/h3-8,17H,1-2H3;3-9,16H,1-2H3;2-7,16,18H,1H3;2-5,9H,1H3,(H,10,11);2-4,10H,8H2,1H3;1H4. The minimum Gasteiger partial charge on any atom is -0.508 e. The van der Waals surface area contributed by atoms with Gasteiger partial charge in [-0.15, -0.1) is 46.6 Å². The number of benzene rings is 8. The third-order valence-corrected chi connectivity index (χ3v) is 16.9. The monoisotopic (exact) mass is 1340 g/mol. The summed E-state index contributed by atoms with van der Waals surface area (Å²) in [5.41, 5.74) is 19.9. The van der Waals surface area contributed by atoms with Gasteiger partial charge in [-0.2, -0.15) is 0 Å². The Bertz CT molecular complexity index is 3650. The highest BCUT2D eigenvalue weighted by Crippen LogP contribution is 2.36. The van der Waals surface area contributed by atoms with E-state index in [0.717, 1.165) is 75.2 Å². The Kier molecular flexibility index (Phi) is 22.3. The van der Waals surface area contributed by atoms with E-state index in [1.54, 1.807) is 103 Å². The number of carboxylic acid groups (broad SMARTS) is 1. The molecular formula is C60H60I2N8O4S4. The molecule has 0 fully saturated rings. The average molecular weight is 1340 g/mol. The van der Waals surface area contributed by atoms with Gasteiger partial charge in [-0.05, 0) is 216 Å². The molecular weight excluding hydrogens is 1280 g/mol. The third-order valence-electron chi connectivity index (χ3n) is 11.5. The molecule has 0 bridgehead atoms. The zero-order valence-corrected chi connectivity index (χ0v) is 50.7. The van der Waals surface area contributed by atoms with Crippen molar-refractivity contribution in [3.63, 3.8) is 0 Å². The molecule has 18 heteroatoms. The van der Waals surface area contributed by atoms with Crippen LogP contribution in [0.4, 0.5) is 28.4 Å². The summed E-state index contributed by atoms with van der Waals surface area (Å²) < 4.78 is 10.8. The molecule has 11 aromatic rings. The van der Waals surface area contributed by atoms with E-state index in [2.05, 4.69) is 200 Å². The number of hydrogen-bond donors (Lipinski definition) is 8. The molecule has 0 aliphatic rings. The van der Waals surface area contributed by atoms with E-state index in [-0.39, 0.29) is 13.2 Å². The maximum absolute atomic E-state index is 10.4. The number of aryl methyl sites for hydroxylation is 2. The van der Waals surface area contributed by atoms with Gasteiger partial charge >= 0.3 is 5.97 Å². The first kappa shape index (κ1) is 60.5. The molecule has 3 aromatic heterocycles. The Hall–Kier alpha value is -6.69. The lowest BCUT2D eigenvalue weighted by Crippen LogP contribution is -1.96. The average Bonchev–Trinajstić information content (AvgIpc) is 4.21. The molecule has 3 heterocycles. The normalized spacial score (nSPS) is 10.3. The number of aromatic carboxylic acids is 1. The van der Waals surface area contributed by atoms with E-state index in [9.17, 15) is 9.90 Å². The molecule has 8 N–H and O–H groups in total. The van der Waals surface area contributed by atoms with Crippen LogP contribution in [-0.2, 0) is 0 Å². The fraction of sp³-hybridized carbons (Fsp3) is 0.133. The summed E-state index contributed by atoms with van der Waals surface area (Å²) in [5, 5.41) is 33.5. The number of aromatic hydroxyl groups is 1. The van der Waals surface area contributed by atoms with Gasteiger partial charge in [-0.25, -0.2) is 19.7 Å². The zero-order valence-electron chi connectivity index (χ0n) is 43.1. The van der Waals surface area contributed by atoms with Crippen molar-refractivity contribution < 1.29 is 19.7 Å². The Morgan fingerprint density at radius 1 is 0.551 bits per heavy atom. The SMILES string of the molecule is C.CNc1ccc(-c2nc3ccc(C)cc3s2)cc1.CNc1ccc(-c2nc3ccc(C)cc3s2)cc1I.CNc1ccc(-c2nc3ccc(O)cc3s2)cc1I.CNc1ccc(C(=O)O)cc1.COc1ccc(N)c(S)c1. The predicted molar refractivity (Wildman–Crippen MR) is 355 cm³/mol. The fourth-order valence-corrected chi connectivity index (χ4v) is 12.2. The molecule has 0 atom stereocenters. The van der Waals surface area contributed by atoms with Gasteiger partial charge in [0.05, 0.1) is 43.3 Å². The Balaban J connectivity index is 0.000000161. The van der Waals surface area contributed by atoms with Crippen LogP contribution in [0.15, 0.2) is 163 Å². The van der Waals surface area contributed by atoms with Crippen molar-refractivity contribution in [2.45, 2.75) is 26.2 Å². The highest BCUT2D eigenvalue weighted by molar-refractivity contribution is 14.1. The number of nitrogens with one attached hydrogen (secondary N) is 4.